The lowest BCUT2D eigenvalue weighted by atomic mass is 10.1. The number of carbonyl (C=O) groups excluding carboxylic acids is 1. The quantitative estimate of drug-likeness (QED) is 0.644. The summed E-state index contributed by atoms with van der Waals surface area (Å²) in [5, 5.41) is 13.4. The Morgan fingerprint density at radius 3 is 2.59 bits per heavy atom. The number of carbonyl (C=O) groups is 1. The fraction of sp³-hybridized carbons (Fsp3) is 0.417. The number of nitro groups is 1. The standard InChI is InChI=1S/C12H16N2O3/c1-8(2)7-13-12(15)10-4-5-11(14(16)17)9(3)6-10/h4-6,8H,7H2,1-3H3,(H,13,15). The third kappa shape index (κ3) is 3.55. The van der Waals surface area contributed by atoms with Crippen molar-refractivity contribution in [3.8, 4) is 0 Å². The van der Waals surface area contributed by atoms with Gasteiger partial charge in [0.05, 0.1) is 4.92 Å². The third-order valence-electron chi connectivity index (χ3n) is 2.33. The van der Waals surface area contributed by atoms with Gasteiger partial charge in [-0.25, -0.2) is 0 Å². The molecule has 0 bridgehead atoms. The first-order chi connectivity index (χ1) is 7.91. The Labute approximate surface area is 100.0 Å². The van der Waals surface area contributed by atoms with Crippen molar-refractivity contribution in [2.24, 2.45) is 5.92 Å². The van der Waals surface area contributed by atoms with Gasteiger partial charge >= 0.3 is 0 Å². The predicted octanol–water partition coefficient (Wildman–Crippen LogP) is 2.29. The molecule has 92 valence electrons. The Balaban J connectivity index is 2.83. The molecule has 17 heavy (non-hydrogen) atoms. The fourth-order valence-corrected chi connectivity index (χ4v) is 1.40. The zero-order valence-corrected chi connectivity index (χ0v) is 10.2. The van der Waals surface area contributed by atoms with Crippen molar-refractivity contribution in [1.82, 2.24) is 5.32 Å². The van der Waals surface area contributed by atoms with E-state index in [2.05, 4.69) is 5.32 Å². The topological polar surface area (TPSA) is 72.2 Å². The second kappa shape index (κ2) is 5.43. The molecular formula is C12H16N2O3. The highest BCUT2D eigenvalue weighted by atomic mass is 16.6. The third-order valence-corrected chi connectivity index (χ3v) is 2.33. The molecule has 5 heteroatoms. The van der Waals surface area contributed by atoms with Crippen LogP contribution in [0.2, 0.25) is 0 Å². The summed E-state index contributed by atoms with van der Waals surface area (Å²) in [6.07, 6.45) is 0. The Morgan fingerprint density at radius 2 is 2.12 bits per heavy atom. The highest BCUT2D eigenvalue weighted by Crippen LogP contribution is 2.18. The molecule has 0 saturated heterocycles. The molecular weight excluding hydrogens is 220 g/mol. The number of hydrogen-bond acceptors (Lipinski definition) is 3. The highest BCUT2D eigenvalue weighted by Gasteiger charge is 2.13. The summed E-state index contributed by atoms with van der Waals surface area (Å²) in [4.78, 5) is 21.9. The number of amides is 1. The summed E-state index contributed by atoms with van der Waals surface area (Å²) in [5.41, 5.74) is 0.978. The van der Waals surface area contributed by atoms with Crippen LogP contribution in [0.3, 0.4) is 0 Å². The number of nitrogens with one attached hydrogen (secondary N) is 1. The molecule has 5 nitrogen and oxygen atoms in total. The minimum absolute atomic E-state index is 0.0328. The minimum Gasteiger partial charge on any atom is -0.352 e. The van der Waals surface area contributed by atoms with Crippen molar-refractivity contribution in [2.75, 3.05) is 6.54 Å². The number of aryl methyl sites for hydroxylation is 1. The van der Waals surface area contributed by atoms with Gasteiger partial charge in [-0.05, 0) is 25.0 Å². The van der Waals surface area contributed by atoms with E-state index in [4.69, 9.17) is 0 Å². The van der Waals surface area contributed by atoms with Gasteiger partial charge in [-0.1, -0.05) is 13.8 Å². The van der Waals surface area contributed by atoms with Crippen LogP contribution in [0.25, 0.3) is 0 Å². The number of nitro benzene ring substituents is 1. The fourth-order valence-electron chi connectivity index (χ4n) is 1.40. The normalized spacial score (nSPS) is 10.4. The Bertz CT molecular complexity index is 441. The maximum Gasteiger partial charge on any atom is 0.272 e. The summed E-state index contributed by atoms with van der Waals surface area (Å²) in [6.45, 7) is 6.22. The van der Waals surface area contributed by atoms with Crippen LogP contribution in [-0.4, -0.2) is 17.4 Å². The van der Waals surface area contributed by atoms with Gasteiger partial charge in [-0.2, -0.15) is 0 Å². The van der Waals surface area contributed by atoms with Gasteiger partial charge in [-0.3, -0.25) is 14.9 Å². The molecule has 0 aliphatic carbocycles. The van der Waals surface area contributed by atoms with E-state index >= 15 is 0 Å². The van der Waals surface area contributed by atoms with E-state index in [-0.39, 0.29) is 11.6 Å². The van der Waals surface area contributed by atoms with E-state index < -0.39 is 4.92 Å². The van der Waals surface area contributed by atoms with Gasteiger partial charge in [0.25, 0.3) is 11.6 Å². The second-order valence-corrected chi connectivity index (χ2v) is 4.36. The number of rotatable bonds is 4. The number of nitrogens with zero attached hydrogens (tertiary/aromatic N) is 1. The molecule has 1 rings (SSSR count). The molecule has 1 aromatic carbocycles. The van der Waals surface area contributed by atoms with Crippen molar-refractivity contribution in [3.05, 3.63) is 39.4 Å². The Hall–Kier alpha value is -1.91. The van der Waals surface area contributed by atoms with Crippen molar-refractivity contribution in [3.63, 3.8) is 0 Å². The number of hydrogen-bond donors (Lipinski definition) is 1. The lowest BCUT2D eigenvalue weighted by molar-refractivity contribution is -0.385. The van der Waals surface area contributed by atoms with Crippen LogP contribution >= 0.6 is 0 Å². The van der Waals surface area contributed by atoms with Crippen LogP contribution in [-0.2, 0) is 0 Å². The molecule has 0 aliphatic rings. The van der Waals surface area contributed by atoms with E-state index in [1.54, 1.807) is 6.92 Å². The van der Waals surface area contributed by atoms with Crippen molar-refractivity contribution in [1.29, 1.82) is 0 Å². The molecule has 1 aromatic rings. The Morgan fingerprint density at radius 1 is 1.47 bits per heavy atom. The molecule has 1 N–H and O–H groups in total. The molecule has 0 aliphatic heterocycles. The molecule has 0 spiro atoms. The van der Waals surface area contributed by atoms with Gasteiger partial charge in [0.2, 0.25) is 0 Å². The monoisotopic (exact) mass is 236 g/mol. The van der Waals surface area contributed by atoms with Gasteiger partial charge in [0.15, 0.2) is 0 Å². The maximum atomic E-state index is 11.7. The first-order valence-corrected chi connectivity index (χ1v) is 5.45. The van der Waals surface area contributed by atoms with Gasteiger partial charge in [0.1, 0.15) is 0 Å². The van der Waals surface area contributed by atoms with E-state index in [1.165, 1.54) is 18.2 Å². The lowest BCUT2D eigenvalue weighted by Crippen LogP contribution is -2.27. The molecule has 0 fully saturated rings. The summed E-state index contributed by atoms with van der Waals surface area (Å²) < 4.78 is 0. The molecule has 0 saturated carbocycles. The van der Waals surface area contributed by atoms with Gasteiger partial charge in [-0.15, -0.1) is 0 Å². The molecule has 0 heterocycles. The lowest BCUT2D eigenvalue weighted by Gasteiger charge is -2.08. The van der Waals surface area contributed by atoms with Crippen LogP contribution in [0.15, 0.2) is 18.2 Å². The summed E-state index contributed by atoms with van der Waals surface area (Å²) in [6, 6.07) is 4.37. The Kier molecular flexibility index (Phi) is 4.20. The smallest absolute Gasteiger partial charge is 0.272 e. The van der Waals surface area contributed by atoms with E-state index in [0.29, 0.717) is 23.6 Å². The average Bonchev–Trinajstić information content (AvgIpc) is 2.25. The zero-order chi connectivity index (χ0) is 13.0. The number of benzene rings is 1. The minimum atomic E-state index is -0.453. The largest absolute Gasteiger partial charge is 0.352 e. The molecule has 0 radical (unpaired) electrons. The maximum absolute atomic E-state index is 11.7. The molecule has 0 unspecified atom stereocenters. The summed E-state index contributed by atoms with van der Waals surface area (Å²) in [7, 11) is 0. The van der Waals surface area contributed by atoms with Crippen LogP contribution in [0.1, 0.15) is 29.8 Å². The second-order valence-electron chi connectivity index (χ2n) is 4.36. The first kappa shape index (κ1) is 13.2. The SMILES string of the molecule is Cc1cc(C(=O)NCC(C)C)ccc1[N+](=O)[O-]. The van der Waals surface area contributed by atoms with Crippen molar-refractivity contribution < 1.29 is 9.72 Å². The summed E-state index contributed by atoms with van der Waals surface area (Å²) in [5.74, 6) is 0.176. The van der Waals surface area contributed by atoms with Crippen LogP contribution in [0.5, 0.6) is 0 Å². The molecule has 0 atom stereocenters. The van der Waals surface area contributed by atoms with Crippen LogP contribution in [0, 0.1) is 23.0 Å². The first-order valence-electron chi connectivity index (χ1n) is 5.45. The average molecular weight is 236 g/mol. The van der Waals surface area contributed by atoms with Crippen LogP contribution in [0.4, 0.5) is 5.69 Å². The van der Waals surface area contributed by atoms with Gasteiger partial charge in [0, 0.05) is 23.7 Å². The van der Waals surface area contributed by atoms with Crippen molar-refractivity contribution >= 4 is 11.6 Å². The van der Waals surface area contributed by atoms with E-state index in [1.807, 2.05) is 13.8 Å². The zero-order valence-electron chi connectivity index (χ0n) is 10.2. The van der Waals surface area contributed by atoms with Crippen LogP contribution < -0.4 is 5.32 Å². The molecule has 1 amide bonds. The predicted molar refractivity (Wildman–Crippen MR) is 65.0 cm³/mol. The van der Waals surface area contributed by atoms with Gasteiger partial charge < -0.3 is 5.32 Å². The summed E-state index contributed by atoms with van der Waals surface area (Å²) >= 11 is 0. The van der Waals surface area contributed by atoms with E-state index in [0.717, 1.165) is 0 Å². The van der Waals surface area contributed by atoms with Crippen molar-refractivity contribution in [2.45, 2.75) is 20.8 Å². The molecule has 0 aromatic heterocycles. The highest BCUT2D eigenvalue weighted by molar-refractivity contribution is 5.94. The van der Waals surface area contributed by atoms with E-state index in [9.17, 15) is 14.9 Å².